The van der Waals surface area contributed by atoms with E-state index in [1.165, 1.54) is 0 Å². The number of carbonyl (C=O) groups is 1. The number of anilines is 2. The maximum atomic E-state index is 12.1. The van der Waals surface area contributed by atoms with E-state index in [0.29, 0.717) is 18.1 Å². The number of amides is 1. The largest absolute Gasteiger partial charge is 0.353 e. The molecule has 0 radical (unpaired) electrons. The smallest absolute Gasteiger partial charge is 0.270 e. The molecular formula is C17H21N7O. The number of nitrogens with zero attached hydrogens (tertiary/aromatic N) is 6. The van der Waals surface area contributed by atoms with Crippen molar-refractivity contribution in [3.63, 3.8) is 0 Å². The van der Waals surface area contributed by atoms with Gasteiger partial charge < -0.3 is 15.1 Å². The number of hydrogen-bond acceptors (Lipinski definition) is 7. The Morgan fingerprint density at radius 1 is 1.20 bits per heavy atom. The first-order chi connectivity index (χ1) is 12.2. The molecule has 25 heavy (non-hydrogen) atoms. The standard InChI is InChI=1S/C17H21N7O/c1-3-5-18-16(25)14-12-15(22-13(2)21-14)23-8-10-24(11-9-23)17-19-6-4-7-20-17/h3-4,6-7,12H,1,5,8-11H2,2H3,(H,18,25). The van der Waals surface area contributed by atoms with Crippen molar-refractivity contribution >= 4 is 17.7 Å². The summed E-state index contributed by atoms with van der Waals surface area (Å²) >= 11 is 0. The molecule has 1 amide bonds. The fraction of sp³-hybridized carbons (Fsp3) is 0.353. The Labute approximate surface area is 146 Å². The summed E-state index contributed by atoms with van der Waals surface area (Å²) in [6.45, 7) is 8.95. The van der Waals surface area contributed by atoms with Gasteiger partial charge in [0, 0.05) is 51.2 Å². The fourth-order valence-electron chi connectivity index (χ4n) is 2.68. The van der Waals surface area contributed by atoms with Crippen molar-refractivity contribution in [3.8, 4) is 0 Å². The summed E-state index contributed by atoms with van der Waals surface area (Å²) in [5.41, 5.74) is 0.373. The third-order valence-electron chi connectivity index (χ3n) is 3.90. The molecule has 130 valence electrons. The molecule has 0 saturated carbocycles. The van der Waals surface area contributed by atoms with E-state index < -0.39 is 0 Å². The van der Waals surface area contributed by atoms with E-state index in [2.05, 4.69) is 41.6 Å². The summed E-state index contributed by atoms with van der Waals surface area (Å²) in [5.74, 6) is 1.87. The first-order valence-corrected chi connectivity index (χ1v) is 8.19. The van der Waals surface area contributed by atoms with Crippen LogP contribution < -0.4 is 15.1 Å². The third-order valence-corrected chi connectivity index (χ3v) is 3.90. The van der Waals surface area contributed by atoms with Crippen LogP contribution in [0, 0.1) is 6.92 Å². The summed E-state index contributed by atoms with van der Waals surface area (Å²) in [6.07, 6.45) is 5.13. The van der Waals surface area contributed by atoms with Gasteiger partial charge in [0.25, 0.3) is 5.91 Å². The number of piperazine rings is 1. The molecule has 3 rings (SSSR count). The van der Waals surface area contributed by atoms with Crippen LogP contribution in [-0.4, -0.2) is 58.6 Å². The van der Waals surface area contributed by atoms with E-state index in [1.807, 2.05) is 6.07 Å². The minimum absolute atomic E-state index is 0.219. The van der Waals surface area contributed by atoms with E-state index in [4.69, 9.17) is 0 Å². The molecule has 8 nitrogen and oxygen atoms in total. The average Bonchev–Trinajstić information content (AvgIpc) is 2.66. The molecule has 1 aliphatic rings. The molecule has 0 spiro atoms. The van der Waals surface area contributed by atoms with Gasteiger partial charge in [0.2, 0.25) is 5.95 Å². The second-order valence-corrected chi connectivity index (χ2v) is 5.68. The second kappa shape index (κ2) is 7.69. The van der Waals surface area contributed by atoms with Crippen LogP contribution in [0.5, 0.6) is 0 Å². The number of aryl methyl sites for hydroxylation is 1. The molecule has 1 saturated heterocycles. The number of carbonyl (C=O) groups excluding carboxylic acids is 1. The normalized spacial score (nSPS) is 14.3. The highest BCUT2D eigenvalue weighted by atomic mass is 16.1. The van der Waals surface area contributed by atoms with Gasteiger partial charge in [0.1, 0.15) is 17.3 Å². The van der Waals surface area contributed by atoms with Crippen molar-refractivity contribution in [1.82, 2.24) is 25.3 Å². The summed E-state index contributed by atoms with van der Waals surface area (Å²) in [5, 5.41) is 2.74. The van der Waals surface area contributed by atoms with Crippen molar-refractivity contribution in [1.29, 1.82) is 0 Å². The zero-order chi connectivity index (χ0) is 17.6. The lowest BCUT2D eigenvalue weighted by Crippen LogP contribution is -2.47. The number of aromatic nitrogens is 4. The molecule has 2 aromatic heterocycles. The van der Waals surface area contributed by atoms with Crippen LogP contribution in [0.2, 0.25) is 0 Å². The van der Waals surface area contributed by atoms with Crippen LogP contribution in [0.1, 0.15) is 16.3 Å². The molecule has 0 aliphatic carbocycles. The third kappa shape index (κ3) is 4.09. The molecule has 0 bridgehead atoms. The van der Waals surface area contributed by atoms with Gasteiger partial charge in [0.15, 0.2) is 0 Å². The van der Waals surface area contributed by atoms with Gasteiger partial charge in [-0.25, -0.2) is 19.9 Å². The van der Waals surface area contributed by atoms with Gasteiger partial charge in [-0.3, -0.25) is 4.79 Å². The van der Waals surface area contributed by atoms with Gasteiger partial charge in [-0.05, 0) is 13.0 Å². The average molecular weight is 339 g/mol. The van der Waals surface area contributed by atoms with Crippen LogP contribution in [0.15, 0.2) is 37.2 Å². The van der Waals surface area contributed by atoms with E-state index in [0.717, 1.165) is 37.9 Å². The van der Waals surface area contributed by atoms with E-state index in [-0.39, 0.29) is 5.91 Å². The summed E-state index contributed by atoms with van der Waals surface area (Å²) < 4.78 is 0. The number of rotatable bonds is 5. The Morgan fingerprint density at radius 2 is 1.88 bits per heavy atom. The van der Waals surface area contributed by atoms with Gasteiger partial charge in [-0.2, -0.15) is 0 Å². The first-order valence-electron chi connectivity index (χ1n) is 8.19. The summed E-state index contributed by atoms with van der Waals surface area (Å²) in [7, 11) is 0. The van der Waals surface area contributed by atoms with E-state index >= 15 is 0 Å². The molecule has 1 N–H and O–H groups in total. The highest BCUT2D eigenvalue weighted by Gasteiger charge is 2.21. The van der Waals surface area contributed by atoms with Gasteiger partial charge in [-0.15, -0.1) is 6.58 Å². The van der Waals surface area contributed by atoms with Crippen molar-refractivity contribution in [2.45, 2.75) is 6.92 Å². The molecule has 8 heteroatoms. The van der Waals surface area contributed by atoms with E-state index in [1.54, 1.807) is 31.5 Å². The Bertz CT molecular complexity index is 742. The fourth-order valence-corrected chi connectivity index (χ4v) is 2.68. The Hall–Kier alpha value is -3.03. The number of nitrogens with one attached hydrogen (secondary N) is 1. The van der Waals surface area contributed by atoms with Crippen molar-refractivity contribution < 1.29 is 4.79 Å². The van der Waals surface area contributed by atoms with Crippen molar-refractivity contribution in [3.05, 3.63) is 48.7 Å². The lowest BCUT2D eigenvalue weighted by molar-refractivity contribution is 0.0952. The summed E-state index contributed by atoms with van der Waals surface area (Å²) in [6, 6.07) is 3.54. The monoisotopic (exact) mass is 339 g/mol. The zero-order valence-corrected chi connectivity index (χ0v) is 14.2. The highest BCUT2D eigenvalue weighted by Crippen LogP contribution is 2.17. The Kier molecular flexibility index (Phi) is 5.17. The quantitative estimate of drug-likeness (QED) is 0.807. The first kappa shape index (κ1) is 16.8. The summed E-state index contributed by atoms with van der Waals surface area (Å²) in [4.78, 5) is 33.7. The molecule has 1 aliphatic heterocycles. The Balaban J connectivity index is 1.69. The predicted octanol–water partition coefficient (Wildman–Crippen LogP) is 0.817. The molecule has 2 aromatic rings. The lowest BCUT2D eigenvalue weighted by Gasteiger charge is -2.35. The minimum atomic E-state index is -0.219. The molecule has 3 heterocycles. The molecule has 0 aromatic carbocycles. The highest BCUT2D eigenvalue weighted by molar-refractivity contribution is 5.93. The Morgan fingerprint density at radius 3 is 2.56 bits per heavy atom. The van der Waals surface area contributed by atoms with Gasteiger partial charge in [-0.1, -0.05) is 6.08 Å². The SMILES string of the molecule is C=CCNC(=O)c1cc(N2CCN(c3ncccn3)CC2)nc(C)n1. The topological polar surface area (TPSA) is 87.1 Å². The lowest BCUT2D eigenvalue weighted by atomic mass is 10.3. The van der Waals surface area contributed by atoms with Crippen LogP contribution in [0.3, 0.4) is 0 Å². The van der Waals surface area contributed by atoms with Crippen LogP contribution >= 0.6 is 0 Å². The predicted molar refractivity (Wildman–Crippen MR) is 95.8 cm³/mol. The molecule has 0 unspecified atom stereocenters. The van der Waals surface area contributed by atoms with Crippen molar-refractivity contribution in [2.24, 2.45) is 0 Å². The van der Waals surface area contributed by atoms with Crippen molar-refractivity contribution in [2.75, 3.05) is 42.5 Å². The van der Waals surface area contributed by atoms with Gasteiger partial charge >= 0.3 is 0 Å². The maximum absolute atomic E-state index is 12.1. The molecule has 0 atom stereocenters. The van der Waals surface area contributed by atoms with Crippen LogP contribution in [-0.2, 0) is 0 Å². The zero-order valence-electron chi connectivity index (χ0n) is 14.2. The molecule has 1 fully saturated rings. The van der Waals surface area contributed by atoms with Gasteiger partial charge in [0.05, 0.1) is 0 Å². The minimum Gasteiger partial charge on any atom is -0.353 e. The van der Waals surface area contributed by atoms with E-state index in [9.17, 15) is 4.79 Å². The van der Waals surface area contributed by atoms with Crippen LogP contribution in [0.4, 0.5) is 11.8 Å². The molecular weight excluding hydrogens is 318 g/mol. The van der Waals surface area contributed by atoms with Crippen LogP contribution in [0.25, 0.3) is 0 Å². The second-order valence-electron chi connectivity index (χ2n) is 5.68. The number of hydrogen-bond donors (Lipinski definition) is 1. The maximum Gasteiger partial charge on any atom is 0.270 e.